The Morgan fingerprint density at radius 2 is 1.95 bits per heavy atom. The lowest BCUT2D eigenvalue weighted by molar-refractivity contribution is 0.0730. The molecule has 0 saturated heterocycles. The second kappa shape index (κ2) is 6.30. The van der Waals surface area contributed by atoms with Gasteiger partial charge in [-0.05, 0) is 48.1 Å². The number of carbonyl (C=O) groups excluding carboxylic acids is 1. The summed E-state index contributed by atoms with van der Waals surface area (Å²) in [7, 11) is 0. The first-order valence-corrected chi connectivity index (χ1v) is 7.95. The van der Waals surface area contributed by atoms with E-state index >= 15 is 0 Å². The van der Waals surface area contributed by atoms with Gasteiger partial charge in [-0.2, -0.15) is 0 Å². The van der Waals surface area contributed by atoms with Crippen LogP contribution < -0.4 is 0 Å². The van der Waals surface area contributed by atoms with Crippen molar-refractivity contribution in [1.82, 2.24) is 9.88 Å². The monoisotopic (exact) mass is 294 g/mol. The Labute approximate surface area is 132 Å². The van der Waals surface area contributed by atoms with Crippen LogP contribution in [0.25, 0.3) is 0 Å². The van der Waals surface area contributed by atoms with E-state index in [2.05, 4.69) is 31.0 Å². The molecular formula is C19H22N2O. The number of amides is 1. The smallest absolute Gasteiger partial charge is 0.254 e. The second-order valence-corrected chi connectivity index (χ2v) is 6.30. The standard InChI is InChI=1S/C19H22N2O/c1-14(2)16-5-7-17(8-6-16)19(22)21(18-9-10-18)13-15-4-3-11-20-12-15/h3-8,11-12,14,18H,9-10,13H2,1-2H3. The van der Waals surface area contributed by atoms with Gasteiger partial charge >= 0.3 is 0 Å². The van der Waals surface area contributed by atoms with Crippen molar-refractivity contribution >= 4 is 5.91 Å². The average molecular weight is 294 g/mol. The van der Waals surface area contributed by atoms with E-state index in [1.54, 1.807) is 6.20 Å². The molecule has 0 spiro atoms. The highest BCUT2D eigenvalue weighted by atomic mass is 16.2. The van der Waals surface area contributed by atoms with Crippen molar-refractivity contribution in [3.8, 4) is 0 Å². The van der Waals surface area contributed by atoms with Crippen LogP contribution in [0.5, 0.6) is 0 Å². The van der Waals surface area contributed by atoms with Crippen LogP contribution in [0.3, 0.4) is 0 Å². The zero-order valence-electron chi connectivity index (χ0n) is 13.2. The van der Waals surface area contributed by atoms with E-state index in [-0.39, 0.29) is 5.91 Å². The van der Waals surface area contributed by atoms with Crippen molar-refractivity contribution in [2.75, 3.05) is 0 Å². The van der Waals surface area contributed by atoms with Gasteiger partial charge in [0.1, 0.15) is 0 Å². The average Bonchev–Trinajstić information content (AvgIpc) is 3.38. The zero-order chi connectivity index (χ0) is 15.5. The topological polar surface area (TPSA) is 33.2 Å². The summed E-state index contributed by atoms with van der Waals surface area (Å²) in [6, 6.07) is 12.4. The summed E-state index contributed by atoms with van der Waals surface area (Å²) in [6.07, 6.45) is 5.81. The lowest BCUT2D eigenvalue weighted by atomic mass is 10.0. The van der Waals surface area contributed by atoms with Crippen molar-refractivity contribution in [2.45, 2.75) is 45.2 Å². The molecule has 3 rings (SSSR count). The van der Waals surface area contributed by atoms with Gasteiger partial charge in [0, 0.05) is 30.5 Å². The molecule has 1 saturated carbocycles. The molecule has 3 heteroatoms. The number of rotatable bonds is 5. The lowest BCUT2D eigenvalue weighted by Gasteiger charge is -2.22. The third-order valence-electron chi connectivity index (χ3n) is 4.15. The second-order valence-electron chi connectivity index (χ2n) is 6.30. The summed E-state index contributed by atoms with van der Waals surface area (Å²) in [5, 5.41) is 0. The molecule has 1 fully saturated rings. The fourth-order valence-corrected chi connectivity index (χ4v) is 2.62. The molecule has 0 atom stereocenters. The van der Waals surface area contributed by atoms with Gasteiger partial charge in [0.25, 0.3) is 5.91 Å². The molecule has 1 aromatic heterocycles. The van der Waals surface area contributed by atoms with E-state index in [1.165, 1.54) is 5.56 Å². The largest absolute Gasteiger partial charge is 0.331 e. The van der Waals surface area contributed by atoms with Gasteiger partial charge in [-0.25, -0.2) is 0 Å². The van der Waals surface area contributed by atoms with E-state index in [0.29, 0.717) is 18.5 Å². The number of carbonyl (C=O) groups is 1. The molecule has 22 heavy (non-hydrogen) atoms. The minimum absolute atomic E-state index is 0.127. The number of benzene rings is 1. The summed E-state index contributed by atoms with van der Waals surface area (Å²) >= 11 is 0. The van der Waals surface area contributed by atoms with E-state index in [4.69, 9.17) is 0 Å². The Balaban J connectivity index is 1.78. The van der Waals surface area contributed by atoms with Crippen LogP contribution in [0.2, 0.25) is 0 Å². The maximum atomic E-state index is 12.8. The van der Waals surface area contributed by atoms with Gasteiger partial charge in [0.2, 0.25) is 0 Å². The quantitative estimate of drug-likeness (QED) is 0.834. The molecule has 114 valence electrons. The molecule has 0 unspecified atom stereocenters. The molecule has 0 radical (unpaired) electrons. The van der Waals surface area contributed by atoms with Crippen LogP contribution in [0.15, 0.2) is 48.8 Å². The van der Waals surface area contributed by atoms with Gasteiger partial charge in [0.15, 0.2) is 0 Å². The zero-order valence-corrected chi connectivity index (χ0v) is 13.2. The molecule has 0 aliphatic heterocycles. The summed E-state index contributed by atoms with van der Waals surface area (Å²) < 4.78 is 0. The molecule has 2 aromatic rings. The predicted octanol–water partition coefficient (Wildman–Crippen LogP) is 4.01. The third-order valence-corrected chi connectivity index (χ3v) is 4.15. The molecule has 3 nitrogen and oxygen atoms in total. The number of hydrogen-bond acceptors (Lipinski definition) is 2. The van der Waals surface area contributed by atoms with Crippen LogP contribution in [-0.2, 0) is 6.54 Å². The van der Waals surface area contributed by atoms with E-state index in [0.717, 1.165) is 24.0 Å². The Bertz CT molecular complexity index is 630. The van der Waals surface area contributed by atoms with Crippen LogP contribution in [0.4, 0.5) is 0 Å². The molecule has 0 N–H and O–H groups in total. The molecule has 1 aliphatic carbocycles. The van der Waals surface area contributed by atoms with E-state index in [1.807, 2.05) is 35.4 Å². The van der Waals surface area contributed by atoms with E-state index < -0.39 is 0 Å². The molecule has 1 aliphatic rings. The van der Waals surface area contributed by atoms with Crippen LogP contribution in [0, 0.1) is 0 Å². The van der Waals surface area contributed by atoms with Gasteiger partial charge < -0.3 is 4.90 Å². The minimum Gasteiger partial charge on any atom is -0.331 e. The molecule has 1 amide bonds. The molecule has 0 bridgehead atoms. The summed E-state index contributed by atoms with van der Waals surface area (Å²) in [5.74, 6) is 0.612. The highest BCUT2D eigenvalue weighted by molar-refractivity contribution is 5.94. The van der Waals surface area contributed by atoms with Gasteiger partial charge in [-0.1, -0.05) is 32.0 Å². The Kier molecular flexibility index (Phi) is 4.23. The number of aromatic nitrogens is 1. The van der Waals surface area contributed by atoms with Gasteiger partial charge in [-0.15, -0.1) is 0 Å². The van der Waals surface area contributed by atoms with Gasteiger partial charge in [-0.3, -0.25) is 9.78 Å². The predicted molar refractivity (Wildman–Crippen MR) is 87.7 cm³/mol. The van der Waals surface area contributed by atoms with Crippen molar-refractivity contribution in [1.29, 1.82) is 0 Å². The molecule has 1 heterocycles. The number of hydrogen-bond donors (Lipinski definition) is 0. The lowest BCUT2D eigenvalue weighted by Crippen LogP contribution is -2.32. The number of pyridine rings is 1. The first kappa shape index (κ1) is 14.8. The third kappa shape index (κ3) is 3.35. The molecular weight excluding hydrogens is 272 g/mol. The van der Waals surface area contributed by atoms with E-state index in [9.17, 15) is 4.79 Å². The van der Waals surface area contributed by atoms with Crippen LogP contribution in [-0.4, -0.2) is 21.8 Å². The Morgan fingerprint density at radius 1 is 1.23 bits per heavy atom. The SMILES string of the molecule is CC(C)c1ccc(C(=O)N(Cc2cccnc2)C2CC2)cc1. The highest BCUT2D eigenvalue weighted by Gasteiger charge is 2.33. The Hall–Kier alpha value is -2.16. The van der Waals surface area contributed by atoms with Crippen LogP contribution >= 0.6 is 0 Å². The maximum absolute atomic E-state index is 12.8. The summed E-state index contributed by atoms with van der Waals surface area (Å²) in [4.78, 5) is 18.9. The first-order valence-electron chi connectivity index (χ1n) is 7.95. The first-order chi connectivity index (χ1) is 10.6. The fourth-order valence-electron chi connectivity index (χ4n) is 2.62. The van der Waals surface area contributed by atoms with Crippen molar-refractivity contribution < 1.29 is 4.79 Å². The van der Waals surface area contributed by atoms with Crippen molar-refractivity contribution in [2.24, 2.45) is 0 Å². The molecule has 1 aromatic carbocycles. The van der Waals surface area contributed by atoms with Crippen molar-refractivity contribution in [3.63, 3.8) is 0 Å². The fraction of sp³-hybridized carbons (Fsp3) is 0.368. The van der Waals surface area contributed by atoms with Gasteiger partial charge in [0.05, 0.1) is 0 Å². The summed E-state index contributed by atoms with van der Waals surface area (Å²) in [6.45, 7) is 4.97. The maximum Gasteiger partial charge on any atom is 0.254 e. The Morgan fingerprint density at radius 3 is 2.50 bits per heavy atom. The minimum atomic E-state index is 0.127. The summed E-state index contributed by atoms with van der Waals surface area (Å²) in [5.41, 5.74) is 3.13. The number of nitrogens with zero attached hydrogens (tertiary/aromatic N) is 2. The van der Waals surface area contributed by atoms with Crippen LogP contribution in [0.1, 0.15) is 54.1 Å². The highest BCUT2D eigenvalue weighted by Crippen LogP contribution is 2.30. The van der Waals surface area contributed by atoms with Crippen molar-refractivity contribution in [3.05, 3.63) is 65.5 Å². The normalized spacial score (nSPS) is 14.1.